The third-order valence-electron chi connectivity index (χ3n) is 4.08. The number of nitrogens with zero attached hydrogens (tertiary/aromatic N) is 1. The summed E-state index contributed by atoms with van der Waals surface area (Å²) in [5, 5.41) is 0. The summed E-state index contributed by atoms with van der Waals surface area (Å²) in [7, 11) is 0. The second kappa shape index (κ2) is 7.88. The Morgan fingerprint density at radius 1 is 1.00 bits per heavy atom. The highest BCUT2D eigenvalue weighted by Crippen LogP contribution is 2.26. The molecule has 0 N–H and O–H groups in total. The number of para-hydroxylation sites is 1. The third-order valence-corrected chi connectivity index (χ3v) is 4.08. The van der Waals surface area contributed by atoms with Crippen molar-refractivity contribution in [3.63, 3.8) is 0 Å². The number of fused-ring (bicyclic) bond motifs is 2. The lowest BCUT2D eigenvalue weighted by Gasteiger charge is -2.26. The maximum atomic E-state index is 12.9. The van der Waals surface area contributed by atoms with Gasteiger partial charge >= 0.3 is 5.97 Å². The molecule has 0 saturated heterocycles. The molecule has 4 heteroatoms. The Morgan fingerprint density at radius 3 is 2.42 bits per heavy atom. The van der Waals surface area contributed by atoms with E-state index in [1.165, 1.54) is 0 Å². The van der Waals surface area contributed by atoms with Gasteiger partial charge in [0.1, 0.15) is 0 Å². The maximum absolute atomic E-state index is 12.9. The Kier molecular flexibility index (Phi) is 5.38. The minimum atomic E-state index is -0.353. The minimum absolute atomic E-state index is 0.0724. The van der Waals surface area contributed by atoms with Crippen LogP contribution in [0.5, 0.6) is 0 Å². The molecule has 0 spiro atoms. The first-order valence-corrected chi connectivity index (χ1v) is 8.73. The number of hydrogen-bond donors (Lipinski definition) is 0. The Hall–Kier alpha value is -3.06. The predicted octanol–water partition coefficient (Wildman–Crippen LogP) is 3.66. The fourth-order valence-electron chi connectivity index (χ4n) is 2.87. The molecule has 1 amide bonds. The molecule has 0 fully saturated rings. The third kappa shape index (κ3) is 4.12. The van der Waals surface area contributed by atoms with E-state index in [1.807, 2.05) is 48.5 Å². The summed E-state index contributed by atoms with van der Waals surface area (Å²) in [4.78, 5) is 26.4. The number of ether oxygens (including phenoxy) is 1. The lowest BCUT2D eigenvalue weighted by molar-refractivity contribution is -0.148. The van der Waals surface area contributed by atoms with Crippen LogP contribution in [0, 0.1) is 11.8 Å². The molecule has 0 aliphatic carbocycles. The van der Waals surface area contributed by atoms with Crippen molar-refractivity contribution in [2.24, 2.45) is 0 Å². The van der Waals surface area contributed by atoms with Crippen LogP contribution in [0.2, 0.25) is 0 Å². The molecular weight excluding hydrogens is 326 g/mol. The van der Waals surface area contributed by atoms with Crippen LogP contribution in [0.3, 0.4) is 0 Å². The minimum Gasteiger partial charge on any atom is -0.463 e. The van der Waals surface area contributed by atoms with E-state index in [2.05, 4.69) is 11.8 Å². The van der Waals surface area contributed by atoms with Crippen molar-refractivity contribution in [3.05, 3.63) is 65.2 Å². The number of carbonyl (C=O) groups is 2. The number of amides is 1. The molecule has 0 aromatic heterocycles. The van der Waals surface area contributed by atoms with Crippen molar-refractivity contribution in [3.8, 4) is 11.8 Å². The molecule has 0 saturated carbocycles. The van der Waals surface area contributed by atoms with E-state index in [-0.39, 0.29) is 30.8 Å². The summed E-state index contributed by atoms with van der Waals surface area (Å²) < 4.78 is 5.13. The Labute approximate surface area is 153 Å². The zero-order valence-corrected chi connectivity index (χ0v) is 15.0. The van der Waals surface area contributed by atoms with Gasteiger partial charge < -0.3 is 9.64 Å². The normalized spacial score (nSPS) is 12.2. The van der Waals surface area contributed by atoms with Crippen molar-refractivity contribution in [1.82, 2.24) is 0 Å². The molecule has 1 heterocycles. The molecule has 0 unspecified atom stereocenters. The first-order chi connectivity index (χ1) is 12.5. The van der Waals surface area contributed by atoms with E-state index >= 15 is 0 Å². The fraction of sp³-hybridized carbons (Fsp3) is 0.273. The second-order valence-electron chi connectivity index (χ2n) is 6.44. The topological polar surface area (TPSA) is 46.6 Å². The lowest BCUT2D eigenvalue weighted by Crippen LogP contribution is -2.32. The Bertz CT molecular complexity index is 890. The van der Waals surface area contributed by atoms with E-state index in [0.717, 1.165) is 22.4 Å². The number of carbonyl (C=O) groups excluding carboxylic acids is 2. The molecule has 0 bridgehead atoms. The Balaban J connectivity index is 1.88. The van der Waals surface area contributed by atoms with Gasteiger partial charge in [-0.25, -0.2) is 0 Å². The highest BCUT2D eigenvalue weighted by atomic mass is 16.5. The van der Waals surface area contributed by atoms with Gasteiger partial charge in [-0.15, -0.1) is 0 Å². The van der Waals surface area contributed by atoms with Crippen LogP contribution in [0.1, 0.15) is 43.4 Å². The molecule has 1 aliphatic heterocycles. The largest absolute Gasteiger partial charge is 0.463 e. The van der Waals surface area contributed by atoms with Crippen LogP contribution in [-0.2, 0) is 20.9 Å². The van der Waals surface area contributed by atoms with E-state index < -0.39 is 0 Å². The standard InChI is InChI=1S/C22H21NO3/c1-16(2)26-22(25)14-13-21(24)23-15-19-9-4-3-7-17(19)11-12-18-8-5-6-10-20(18)23/h3-10,16H,13-15H2,1-2H3. The molecular formula is C22H21NO3. The first kappa shape index (κ1) is 17.8. The summed E-state index contributed by atoms with van der Waals surface area (Å²) >= 11 is 0. The van der Waals surface area contributed by atoms with Crippen molar-refractivity contribution in [2.45, 2.75) is 39.3 Å². The molecule has 2 aromatic carbocycles. The highest BCUT2D eigenvalue weighted by molar-refractivity contribution is 5.96. The smallest absolute Gasteiger partial charge is 0.306 e. The van der Waals surface area contributed by atoms with Gasteiger partial charge in [0.25, 0.3) is 0 Å². The predicted molar refractivity (Wildman–Crippen MR) is 101 cm³/mol. The molecule has 132 valence electrons. The van der Waals surface area contributed by atoms with E-state index in [1.54, 1.807) is 18.7 Å². The van der Waals surface area contributed by atoms with Gasteiger partial charge in [-0.2, -0.15) is 0 Å². The molecule has 2 aromatic rings. The summed E-state index contributed by atoms with van der Waals surface area (Å²) in [6.45, 7) is 4.02. The van der Waals surface area contributed by atoms with Gasteiger partial charge in [0.2, 0.25) is 5.91 Å². The van der Waals surface area contributed by atoms with Gasteiger partial charge in [-0.3, -0.25) is 9.59 Å². The summed E-state index contributed by atoms with van der Waals surface area (Å²) in [6, 6.07) is 15.4. The summed E-state index contributed by atoms with van der Waals surface area (Å²) in [5.74, 6) is 5.89. The van der Waals surface area contributed by atoms with Gasteiger partial charge in [-0.05, 0) is 37.6 Å². The maximum Gasteiger partial charge on any atom is 0.306 e. The highest BCUT2D eigenvalue weighted by Gasteiger charge is 2.22. The molecule has 0 radical (unpaired) electrons. The van der Waals surface area contributed by atoms with Crippen molar-refractivity contribution in [2.75, 3.05) is 4.90 Å². The SMILES string of the molecule is CC(C)OC(=O)CCC(=O)N1Cc2ccccc2C#Cc2ccccc21. The van der Waals surface area contributed by atoms with Crippen LogP contribution in [0.25, 0.3) is 0 Å². The zero-order chi connectivity index (χ0) is 18.5. The molecule has 4 nitrogen and oxygen atoms in total. The molecule has 0 atom stereocenters. The van der Waals surface area contributed by atoms with Gasteiger partial charge in [-0.1, -0.05) is 42.2 Å². The number of hydrogen-bond acceptors (Lipinski definition) is 3. The number of anilines is 1. The number of rotatable bonds is 4. The quantitative estimate of drug-likeness (QED) is 0.626. The average Bonchev–Trinajstić information content (AvgIpc) is 2.61. The summed E-state index contributed by atoms with van der Waals surface area (Å²) in [5.41, 5.74) is 3.49. The van der Waals surface area contributed by atoms with Crippen molar-refractivity contribution in [1.29, 1.82) is 0 Å². The monoisotopic (exact) mass is 347 g/mol. The van der Waals surface area contributed by atoms with Crippen molar-refractivity contribution >= 4 is 17.6 Å². The van der Waals surface area contributed by atoms with Crippen LogP contribution >= 0.6 is 0 Å². The number of benzene rings is 2. The first-order valence-electron chi connectivity index (χ1n) is 8.73. The number of esters is 1. The van der Waals surface area contributed by atoms with Gasteiger partial charge in [0.15, 0.2) is 0 Å². The molecule has 3 rings (SSSR count). The zero-order valence-electron chi connectivity index (χ0n) is 15.0. The van der Waals surface area contributed by atoms with Gasteiger partial charge in [0, 0.05) is 17.5 Å². The van der Waals surface area contributed by atoms with Gasteiger partial charge in [0.05, 0.1) is 24.8 Å². The molecule has 1 aliphatic rings. The average molecular weight is 347 g/mol. The fourth-order valence-corrected chi connectivity index (χ4v) is 2.87. The molecule has 26 heavy (non-hydrogen) atoms. The van der Waals surface area contributed by atoms with E-state index in [4.69, 9.17) is 4.74 Å². The van der Waals surface area contributed by atoms with Crippen LogP contribution < -0.4 is 4.90 Å². The van der Waals surface area contributed by atoms with E-state index in [0.29, 0.717) is 6.54 Å². The van der Waals surface area contributed by atoms with Crippen LogP contribution in [0.15, 0.2) is 48.5 Å². The second-order valence-corrected chi connectivity index (χ2v) is 6.44. The van der Waals surface area contributed by atoms with E-state index in [9.17, 15) is 9.59 Å². The lowest BCUT2D eigenvalue weighted by atomic mass is 10.0. The van der Waals surface area contributed by atoms with Crippen molar-refractivity contribution < 1.29 is 14.3 Å². The van der Waals surface area contributed by atoms with Crippen LogP contribution in [0.4, 0.5) is 5.69 Å². The Morgan fingerprint density at radius 2 is 1.65 bits per heavy atom. The summed E-state index contributed by atoms with van der Waals surface area (Å²) in [6.07, 6.45) is 0.000518. The van der Waals surface area contributed by atoms with Crippen LogP contribution in [-0.4, -0.2) is 18.0 Å².